The molecule has 1 aromatic heterocycles. The molecule has 34 heavy (non-hydrogen) atoms. The summed E-state index contributed by atoms with van der Waals surface area (Å²) in [6.45, 7) is 1.61. The number of hydrogen-bond acceptors (Lipinski definition) is 5. The number of H-pyrrole nitrogens is 1. The predicted molar refractivity (Wildman–Crippen MR) is 126 cm³/mol. The van der Waals surface area contributed by atoms with E-state index in [1.807, 2.05) is 0 Å². The summed E-state index contributed by atoms with van der Waals surface area (Å²) in [6, 6.07) is 19.5. The molecule has 170 valence electrons. The number of amides is 2. The van der Waals surface area contributed by atoms with Crippen molar-refractivity contribution in [2.75, 3.05) is 0 Å². The Hall–Kier alpha value is -4.66. The molecule has 2 amide bonds. The minimum atomic E-state index is -1.28. The average molecular weight is 457 g/mol. The van der Waals surface area contributed by atoms with Crippen LogP contribution in [0.1, 0.15) is 34.6 Å². The first-order valence-electron chi connectivity index (χ1n) is 10.4. The van der Waals surface area contributed by atoms with Crippen molar-refractivity contribution in [3.63, 3.8) is 0 Å². The van der Waals surface area contributed by atoms with Gasteiger partial charge in [0, 0.05) is 16.5 Å². The number of carbonyl (C=O) groups excluding carboxylic acids is 2. The highest BCUT2D eigenvalue weighted by Crippen LogP contribution is 2.20. The smallest absolute Gasteiger partial charge is 0.272 e. The van der Waals surface area contributed by atoms with Crippen molar-refractivity contribution in [3.05, 3.63) is 112 Å². The molecule has 8 nitrogen and oxygen atoms in total. The third-order valence-electron chi connectivity index (χ3n) is 5.15. The van der Waals surface area contributed by atoms with Gasteiger partial charge in [0.25, 0.3) is 17.4 Å². The van der Waals surface area contributed by atoms with Crippen molar-refractivity contribution in [3.8, 4) is 0 Å². The van der Waals surface area contributed by atoms with Crippen molar-refractivity contribution in [2.24, 2.45) is 5.10 Å². The highest BCUT2D eigenvalue weighted by Gasteiger charge is 2.27. The Kier molecular flexibility index (Phi) is 6.54. The fraction of sp³-hybridized carbons (Fsp3) is 0.0800. The number of fused-ring (bicyclic) bond motifs is 1. The van der Waals surface area contributed by atoms with Crippen LogP contribution < -0.4 is 16.3 Å². The Morgan fingerprint density at radius 3 is 2.35 bits per heavy atom. The van der Waals surface area contributed by atoms with E-state index in [1.54, 1.807) is 67.6 Å². The Balaban J connectivity index is 1.70. The molecular weight excluding hydrogens is 437 g/mol. The number of carbonyl (C=O) groups is 2. The van der Waals surface area contributed by atoms with Crippen LogP contribution in [0.3, 0.4) is 0 Å². The molecule has 0 aliphatic carbocycles. The van der Waals surface area contributed by atoms with Gasteiger partial charge in [-0.15, -0.1) is 0 Å². The van der Waals surface area contributed by atoms with E-state index in [0.29, 0.717) is 27.6 Å². The SMILES string of the molecule is CC(=NNC(=O)C(NC(=O)c1ccccc1)c1n[nH]c(=O)c2ccccc12)c1cccc(F)c1. The molecule has 3 N–H and O–H groups in total. The Labute approximate surface area is 193 Å². The lowest BCUT2D eigenvalue weighted by Crippen LogP contribution is -2.40. The normalized spacial score (nSPS) is 12.2. The van der Waals surface area contributed by atoms with Crippen LogP contribution in [0.15, 0.2) is 88.8 Å². The summed E-state index contributed by atoms with van der Waals surface area (Å²) in [5.41, 5.74) is 3.33. The number of hydrogen-bond donors (Lipinski definition) is 3. The van der Waals surface area contributed by atoms with E-state index >= 15 is 0 Å². The van der Waals surface area contributed by atoms with Crippen LogP contribution in [0.25, 0.3) is 10.8 Å². The second kappa shape index (κ2) is 9.86. The van der Waals surface area contributed by atoms with Gasteiger partial charge in [0.1, 0.15) is 11.5 Å². The molecule has 0 spiro atoms. The molecule has 3 aromatic carbocycles. The van der Waals surface area contributed by atoms with Gasteiger partial charge in [-0.05, 0) is 37.3 Å². The van der Waals surface area contributed by atoms with Gasteiger partial charge >= 0.3 is 0 Å². The van der Waals surface area contributed by atoms with Gasteiger partial charge in [0.15, 0.2) is 6.04 Å². The number of hydrazone groups is 1. The second-order valence-electron chi connectivity index (χ2n) is 7.44. The lowest BCUT2D eigenvalue weighted by atomic mass is 10.0. The van der Waals surface area contributed by atoms with E-state index < -0.39 is 29.2 Å². The van der Waals surface area contributed by atoms with E-state index in [1.165, 1.54) is 18.2 Å². The summed E-state index contributed by atoms with van der Waals surface area (Å²) in [5.74, 6) is -1.64. The minimum absolute atomic E-state index is 0.149. The summed E-state index contributed by atoms with van der Waals surface area (Å²) >= 11 is 0. The van der Waals surface area contributed by atoms with Crippen molar-refractivity contribution >= 4 is 28.3 Å². The van der Waals surface area contributed by atoms with Gasteiger partial charge in [0.2, 0.25) is 0 Å². The van der Waals surface area contributed by atoms with Crippen LogP contribution in [-0.4, -0.2) is 27.7 Å². The molecule has 0 saturated heterocycles. The summed E-state index contributed by atoms with van der Waals surface area (Å²) in [7, 11) is 0. The Morgan fingerprint density at radius 2 is 1.62 bits per heavy atom. The highest BCUT2D eigenvalue weighted by atomic mass is 19.1. The first-order valence-corrected chi connectivity index (χ1v) is 10.4. The Morgan fingerprint density at radius 1 is 0.941 bits per heavy atom. The molecule has 4 rings (SSSR count). The van der Waals surface area contributed by atoms with E-state index in [-0.39, 0.29) is 5.69 Å². The number of aromatic amines is 1. The molecular formula is C25H20FN5O3. The lowest BCUT2D eigenvalue weighted by Gasteiger charge is -2.18. The molecule has 0 bridgehead atoms. The standard InChI is InChI=1S/C25H20FN5O3/c1-15(17-10-7-11-18(26)14-17)28-31-25(34)22(27-23(32)16-8-3-2-4-9-16)21-19-12-5-6-13-20(19)24(33)30-29-21/h2-14,22H,1H3,(H,27,32)(H,30,33)(H,31,34). The molecule has 0 aliphatic heterocycles. The van der Waals surface area contributed by atoms with Crippen molar-refractivity contribution in [1.82, 2.24) is 20.9 Å². The molecule has 4 aromatic rings. The third kappa shape index (κ3) is 4.88. The quantitative estimate of drug-likeness (QED) is 0.305. The molecule has 0 radical (unpaired) electrons. The summed E-state index contributed by atoms with van der Waals surface area (Å²) in [4.78, 5) is 38.3. The van der Waals surface area contributed by atoms with Crippen LogP contribution in [0.5, 0.6) is 0 Å². The zero-order valence-corrected chi connectivity index (χ0v) is 18.1. The highest BCUT2D eigenvalue weighted by molar-refractivity contribution is 6.01. The van der Waals surface area contributed by atoms with Crippen LogP contribution in [-0.2, 0) is 4.79 Å². The van der Waals surface area contributed by atoms with E-state index in [0.717, 1.165) is 0 Å². The average Bonchev–Trinajstić information content (AvgIpc) is 2.87. The van der Waals surface area contributed by atoms with Gasteiger partial charge in [-0.2, -0.15) is 10.2 Å². The molecule has 0 saturated carbocycles. The van der Waals surface area contributed by atoms with Gasteiger partial charge in [0.05, 0.1) is 11.1 Å². The van der Waals surface area contributed by atoms with E-state index in [2.05, 4.69) is 26.0 Å². The van der Waals surface area contributed by atoms with Crippen LogP contribution in [0.2, 0.25) is 0 Å². The number of rotatable bonds is 6. The summed E-state index contributed by atoms with van der Waals surface area (Å²) < 4.78 is 13.5. The lowest BCUT2D eigenvalue weighted by molar-refractivity contribution is -0.123. The third-order valence-corrected chi connectivity index (χ3v) is 5.15. The fourth-order valence-corrected chi connectivity index (χ4v) is 3.40. The Bertz CT molecular complexity index is 1450. The minimum Gasteiger partial charge on any atom is -0.335 e. The predicted octanol–water partition coefficient (Wildman–Crippen LogP) is 3.07. The first kappa shape index (κ1) is 22.5. The maximum Gasteiger partial charge on any atom is 0.272 e. The van der Waals surface area contributed by atoms with Gasteiger partial charge in [-0.3, -0.25) is 14.4 Å². The van der Waals surface area contributed by atoms with Crippen molar-refractivity contribution in [1.29, 1.82) is 0 Å². The van der Waals surface area contributed by atoms with Crippen LogP contribution >= 0.6 is 0 Å². The van der Waals surface area contributed by atoms with Crippen LogP contribution in [0.4, 0.5) is 4.39 Å². The topological polar surface area (TPSA) is 116 Å². The fourth-order valence-electron chi connectivity index (χ4n) is 3.40. The number of aromatic nitrogens is 2. The second-order valence-corrected chi connectivity index (χ2v) is 7.44. The molecule has 1 unspecified atom stereocenters. The number of benzene rings is 3. The molecule has 0 fully saturated rings. The molecule has 9 heteroatoms. The summed E-state index contributed by atoms with van der Waals surface area (Å²) in [6.07, 6.45) is 0. The monoisotopic (exact) mass is 457 g/mol. The number of nitrogens with one attached hydrogen (secondary N) is 3. The number of nitrogens with zero attached hydrogens (tertiary/aromatic N) is 2. The van der Waals surface area contributed by atoms with Crippen molar-refractivity contribution < 1.29 is 14.0 Å². The van der Waals surface area contributed by atoms with Gasteiger partial charge in [-0.1, -0.05) is 48.5 Å². The van der Waals surface area contributed by atoms with Crippen molar-refractivity contribution in [2.45, 2.75) is 13.0 Å². The van der Waals surface area contributed by atoms with E-state index in [9.17, 15) is 18.8 Å². The maximum atomic E-state index is 13.5. The first-order chi connectivity index (χ1) is 16.4. The van der Waals surface area contributed by atoms with Gasteiger partial charge in [-0.25, -0.2) is 14.9 Å². The zero-order valence-electron chi connectivity index (χ0n) is 18.1. The summed E-state index contributed by atoms with van der Waals surface area (Å²) in [5, 5.41) is 13.9. The number of halogens is 1. The van der Waals surface area contributed by atoms with Gasteiger partial charge < -0.3 is 5.32 Å². The molecule has 1 atom stereocenters. The molecule has 1 heterocycles. The largest absolute Gasteiger partial charge is 0.335 e. The maximum absolute atomic E-state index is 13.5. The van der Waals surface area contributed by atoms with E-state index in [4.69, 9.17) is 0 Å². The molecule has 0 aliphatic rings. The zero-order chi connectivity index (χ0) is 24.1. The van der Waals surface area contributed by atoms with Crippen LogP contribution in [0, 0.1) is 5.82 Å².